The summed E-state index contributed by atoms with van der Waals surface area (Å²) in [5.41, 5.74) is 2.23. The van der Waals surface area contributed by atoms with Crippen molar-refractivity contribution in [1.29, 1.82) is 0 Å². The Morgan fingerprint density at radius 2 is 2.21 bits per heavy atom. The molecule has 7 nitrogen and oxygen atoms in total. The third kappa shape index (κ3) is 3.22. The summed E-state index contributed by atoms with van der Waals surface area (Å²) >= 11 is 0. The zero-order valence-electron chi connectivity index (χ0n) is 13.6. The van der Waals surface area contributed by atoms with Gasteiger partial charge in [-0.25, -0.2) is 9.97 Å². The molecule has 0 amide bonds. The van der Waals surface area contributed by atoms with E-state index in [9.17, 15) is 4.79 Å². The maximum Gasteiger partial charge on any atom is 0.254 e. The molecule has 0 bridgehead atoms. The van der Waals surface area contributed by atoms with Crippen molar-refractivity contribution in [3.63, 3.8) is 0 Å². The Hall–Kier alpha value is -2.12. The van der Waals surface area contributed by atoms with Gasteiger partial charge in [-0.05, 0) is 19.3 Å². The highest BCUT2D eigenvalue weighted by Gasteiger charge is 2.23. The molecule has 2 aromatic rings. The van der Waals surface area contributed by atoms with E-state index in [1.165, 1.54) is 0 Å². The number of fused-ring (bicyclic) bond motifs is 1. The van der Waals surface area contributed by atoms with Gasteiger partial charge in [0.25, 0.3) is 5.56 Å². The molecule has 2 aromatic heterocycles. The summed E-state index contributed by atoms with van der Waals surface area (Å²) in [6.07, 6.45) is 8.96. The number of hydrogen-bond acceptors (Lipinski definition) is 6. The standard InChI is InChI=1S/C17H21N5O2/c23-17-13-3-7-22(11-12-2-1-9-24-12)8-4-14(13)20-16(21-17)15-10-18-5-6-19-15/h5-6,10,12H,1-4,7-9,11H2,(H,20,21,23)/t12-/m1/s1. The van der Waals surface area contributed by atoms with Crippen molar-refractivity contribution >= 4 is 0 Å². The lowest BCUT2D eigenvalue weighted by molar-refractivity contribution is 0.0745. The van der Waals surface area contributed by atoms with E-state index in [2.05, 4.69) is 24.8 Å². The molecule has 4 rings (SSSR count). The van der Waals surface area contributed by atoms with Crippen molar-refractivity contribution in [3.05, 3.63) is 40.2 Å². The van der Waals surface area contributed by atoms with Gasteiger partial charge in [0.2, 0.25) is 0 Å². The summed E-state index contributed by atoms with van der Waals surface area (Å²) in [6.45, 7) is 3.61. The van der Waals surface area contributed by atoms with Gasteiger partial charge in [-0.15, -0.1) is 0 Å². The van der Waals surface area contributed by atoms with E-state index in [-0.39, 0.29) is 5.56 Å². The number of rotatable bonds is 3. The Labute approximate surface area is 140 Å². The second-order valence-electron chi connectivity index (χ2n) is 6.37. The second-order valence-corrected chi connectivity index (χ2v) is 6.37. The van der Waals surface area contributed by atoms with Gasteiger partial charge in [-0.2, -0.15) is 0 Å². The number of nitrogens with zero attached hydrogens (tertiary/aromatic N) is 4. The average Bonchev–Trinajstić information content (AvgIpc) is 3.03. The highest BCUT2D eigenvalue weighted by atomic mass is 16.5. The zero-order valence-corrected chi connectivity index (χ0v) is 13.6. The lowest BCUT2D eigenvalue weighted by Gasteiger charge is -2.22. The highest BCUT2D eigenvalue weighted by molar-refractivity contribution is 5.47. The molecule has 0 radical (unpaired) electrons. The van der Waals surface area contributed by atoms with E-state index in [1.54, 1.807) is 18.6 Å². The smallest absolute Gasteiger partial charge is 0.254 e. The van der Waals surface area contributed by atoms with E-state index in [0.717, 1.165) is 63.2 Å². The minimum Gasteiger partial charge on any atom is -0.377 e. The first-order valence-electron chi connectivity index (χ1n) is 8.52. The fourth-order valence-electron chi connectivity index (χ4n) is 3.46. The monoisotopic (exact) mass is 327 g/mol. The first-order valence-corrected chi connectivity index (χ1v) is 8.52. The van der Waals surface area contributed by atoms with Crippen molar-refractivity contribution in [2.24, 2.45) is 0 Å². The summed E-state index contributed by atoms with van der Waals surface area (Å²) < 4.78 is 5.73. The molecule has 24 heavy (non-hydrogen) atoms. The summed E-state index contributed by atoms with van der Waals surface area (Å²) in [5.74, 6) is 0.499. The molecule has 0 aromatic carbocycles. The summed E-state index contributed by atoms with van der Waals surface area (Å²) in [7, 11) is 0. The molecule has 1 saturated heterocycles. The van der Waals surface area contributed by atoms with Crippen LogP contribution in [-0.4, -0.2) is 57.2 Å². The Morgan fingerprint density at radius 3 is 3.00 bits per heavy atom. The fourth-order valence-corrected chi connectivity index (χ4v) is 3.46. The normalized spacial score (nSPS) is 21.4. The molecule has 2 aliphatic rings. The Bertz CT molecular complexity index is 755. The van der Waals surface area contributed by atoms with Gasteiger partial charge in [-0.3, -0.25) is 9.78 Å². The van der Waals surface area contributed by atoms with Crippen LogP contribution in [0.2, 0.25) is 0 Å². The molecular weight excluding hydrogens is 306 g/mol. The van der Waals surface area contributed by atoms with Crippen molar-refractivity contribution in [2.45, 2.75) is 31.8 Å². The quantitative estimate of drug-likeness (QED) is 0.898. The zero-order chi connectivity index (χ0) is 16.4. The molecule has 0 unspecified atom stereocenters. The van der Waals surface area contributed by atoms with Gasteiger partial charge in [-0.1, -0.05) is 0 Å². The SMILES string of the molecule is O=c1[nH]c(-c2cnccn2)nc2c1CCN(C[C@H]1CCCO1)CC2. The van der Waals surface area contributed by atoms with Crippen LogP contribution in [0.15, 0.2) is 23.4 Å². The molecular formula is C17H21N5O2. The number of aromatic amines is 1. The van der Waals surface area contributed by atoms with E-state index >= 15 is 0 Å². The van der Waals surface area contributed by atoms with E-state index in [0.29, 0.717) is 17.6 Å². The predicted octanol–water partition coefficient (Wildman–Crippen LogP) is 0.806. The van der Waals surface area contributed by atoms with E-state index in [1.807, 2.05) is 0 Å². The average molecular weight is 327 g/mol. The third-order valence-corrected chi connectivity index (χ3v) is 4.74. The first-order chi connectivity index (χ1) is 11.8. The van der Waals surface area contributed by atoms with Gasteiger partial charge in [0.05, 0.1) is 18.0 Å². The van der Waals surface area contributed by atoms with E-state index < -0.39 is 0 Å². The molecule has 1 atom stereocenters. The van der Waals surface area contributed by atoms with Crippen molar-refractivity contribution in [2.75, 3.05) is 26.2 Å². The minimum absolute atomic E-state index is 0.0559. The van der Waals surface area contributed by atoms with Crippen LogP contribution in [0.4, 0.5) is 0 Å². The lowest BCUT2D eigenvalue weighted by atomic mass is 10.1. The molecule has 0 saturated carbocycles. The maximum atomic E-state index is 12.5. The molecule has 0 aliphatic carbocycles. The van der Waals surface area contributed by atoms with Crippen LogP contribution in [0.25, 0.3) is 11.5 Å². The van der Waals surface area contributed by atoms with Gasteiger partial charge in [0.1, 0.15) is 5.69 Å². The summed E-state index contributed by atoms with van der Waals surface area (Å²) in [4.78, 5) is 30.6. The second kappa shape index (κ2) is 6.78. The van der Waals surface area contributed by atoms with E-state index in [4.69, 9.17) is 4.74 Å². The lowest BCUT2D eigenvalue weighted by Crippen LogP contribution is -2.34. The highest BCUT2D eigenvalue weighted by Crippen LogP contribution is 2.17. The summed E-state index contributed by atoms with van der Waals surface area (Å²) in [5, 5.41) is 0. The minimum atomic E-state index is -0.0559. The number of aromatic nitrogens is 4. The third-order valence-electron chi connectivity index (χ3n) is 4.74. The van der Waals surface area contributed by atoms with Crippen LogP contribution in [0, 0.1) is 0 Å². The molecule has 1 fully saturated rings. The van der Waals surface area contributed by atoms with Crippen molar-refractivity contribution in [1.82, 2.24) is 24.8 Å². The predicted molar refractivity (Wildman–Crippen MR) is 88.7 cm³/mol. The van der Waals surface area contributed by atoms with Crippen molar-refractivity contribution in [3.8, 4) is 11.5 Å². The van der Waals surface area contributed by atoms with Gasteiger partial charge < -0.3 is 14.6 Å². The Balaban J connectivity index is 1.54. The van der Waals surface area contributed by atoms with Crippen LogP contribution in [0.5, 0.6) is 0 Å². The molecule has 2 aliphatic heterocycles. The van der Waals surface area contributed by atoms with Crippen LogP contribution < -0.4 is 5.56 Å². The van der Waals surface area contributed by atoms with Gasteiger partial charge in [0, 0.05) is 50.6 Å². The van der Waals surface area contributed by atoms with Crippen LogP contribution in [0.1, 0.15) is 24.1 Å². The molecule has 126 valence electrons. The van der Waals surface area contributed by atoms with Crippen LogP contribution in [-0.2, 0) is 17.6 Å². The number of ether oxygens (including phenoxy) is 1. The fraction of sp³-hybridized carbons (Fsp3) is 0.529. The maximum absolute atomic E-state index is 12.5. The van der Waals surface area contributed by atoms with Crippen LogP contribution >= 0.6 is 0 Å². The Kier molecular flexibility index (Phi) is 4.36. The van der Waals surface area contributed by atoms with Gasteiger partial charge in [0.15, 0.2) is 5.82 Å². The molecule has 0 spiro atoms. The largest absolute Gasteiger partial charge is 0.377 e. The molecule has 4 heterocycles. The first kappa shape index (κ1) is 15.4. The number of hydrogen-bond donors (Lipinski definition) is 1. The topological polar surface area (TPSA) is 84.0 Å². The van der Waals surface area contributed by atoms with Crippen LogP contribution in [0.3, 0.4) is 0 Å². The molecule has 1 N–H and O–H groups in total. The number of nitrogens with one attached hydrogen (secondary N) is 1. The van der Waals surface area contributed by atoms with Crippen molar-refractivity contribution < 1.29 is 4.74 Å². The Morgan fingerprint density at radius 1 is 1.29 bits per heavy atom. The number of H-pyrrole nitrogens is 1. The van der Waals surface area contributed by atoms with Gasteiger partial charge >= 0.3 is 0 Å². The summed E-state index contributed by atoms with van der Waals surface area (Å²) in [6, 6.07) is 0. The molecule has 7 heteroatoms.